The standard InChI is InChI=1S/C17H25N3O3S/c1-13(18)17(21)19-8-10-20(11-9-19)24(22,23)16-7-6-14-4-2-3-5-15(14)12-16/h6-7,12-13H,2-5,8-11,18H2,1H3/t13-/m1/s1. The van der Waals surface area contributed by atoms with Crippen LogP contribution in [-0.4, -0.2) is 55.8 Å². The molecular formula is C17H25N3O3S. The quantitative estimate of drug-likeness (QED) is 0.871. The van der Waals surface area contributed by atoms with Crippen LogP contribution in [0.3, 0.4) is 0 Å². The minimum Gasteiger partial charge on any atom is -0.339 e. The van der Waals surface area contributed by atoms with Gasteiger partial charge in [0.25, 0.3) is 0 Å². The summed E-state index contributed by atoms with van der Waals surface area (Å²) in [6, 6.07) is 4.97. The van der Waals surface area contributed by atoms with Crippen LogP contribution in [0.15, 0.2) is 23.1 Å². The summed E-state index contributed by atoms with van der Waals surface area (Å²) in [5, 5.41) is 0. The van der Waals surface area contributed by atoms with E-state index in [0.717, 1.165) is 24.8 Å². The molecule has 1 atom stereocenters. The van der Waals surface area contributed by atoms with E-state index < -0.39 is 16.1 Å². The molecule has 0 unspecified atom stereocenters. The predicted octanol–water partition coefficient (Wildman–Crippen LogP) is 0.746. The number of hydrogen-bond donors (Lipinski definition) is 1. The lowest BCUT2D eigenvalue weighted by Crippen LogP contribution is -2.53. The fourth-order valence-corrected chi connectivity index (χ4v) is 4.93. The van der Waals surface area contributed by atoms with Crippen molar-refractivity contribution in [1.82, 2.24) is 9.21 Å². The number of carbonyl (C=O) groups is 1. The maximum absolute atomic E-state index is 12.9. The van der Waals surface area contributed by atoms with Crippen LogP contribution in [0.4, 0.5) is 0 Å². The van der Waals surface area contributed by atoms with Crippen LogP contribution in [0.1, 0.15) is 30.9 Å². The fraction of sp³-hybridized carbons (Fsp3) is 0.588. The molecule has 24 heavy (non-hydrogen) atoms. The highest BCUT2D eigenvalue weighted by Crippen LogP contribution is 2.26. The highest BCUT2D eigenvalue weighted by molar-refractivity contribution is 7.89. The minimum absolute atomic E-state index is 0.124. The number of hydrogen-bond acceptors (Lipinski definition) is 4. The number of nitrogens with two attached hydrogens (primary N) is 1. The van der Waals surface area contributed by atoms with Gasteiger partial charge in [0, 0.05) is 26.2 Å². The number of amides is 1. The van der Waals surface area contributed by atoms with E-state index >= 15 is 0 Å². The van der Waals surface area contributed by atoms with Gasteiger partial charge in [0.05, 0.1) is 10.9 Å². The maximum Gasteiger partial charge on any atom is 0.243 e. The van der Waals surface area contributed by atoms with Crippen LogP contribution >= 0.6 is 0 Å². The fourth-order valence-electron chi connectivity index (χ4n) is 3.46. The van der Waals surface area contributed by atoms with Gasteiger partial charge >= 0.3 is 0 Å². The Balaban J connectivity index is 1.74. The molecule has 0 spiro atoms. The lowest BCUT2D eigenvalue weighted by molar-refractivity contribution is -0.133. The largest absolute Gasteiger partial charge is 0.339 e. The summed E-state index contributed by atoms with van der Waals surface area (Å²) in [6.07, 6.45) is 4.28. The van der Waals surface area contributed by atoms with Crippen LogP contribution in [0.2, 0.25) is 0 Å². The number of carbonyl (C=O) groups excluding carboxylic acids is 1. The molecular weight excluding hydrogens is 326 g/mol. The minimum atomic E-state index is -3.50. The van der Waals surface area contributed by atoms with E-state index in [1.54, 1.807) is 17.9 Å². The van der Waals surface area contributed by atoms with E-state index in [1.807, 2.05) is 12.1 Å². The molecule has 1 amide bonds. The van der Waals surface area contributed by atoms with E-state index in [9.17, 15) is 13.2 Å². The SMILES string of the molecule is C[C@@H](N)C(=O)N1CCN(S(=O)(=O)c2ccc3c(c2)CCCC3)CC1. The first kappa shape index (κ1) is 17.4. The second kappa shape index (κ2) is 6.82. The van der Waals surface area contributed by atoms with Gasteiger partial charge in [-0.3, -0.25) is 4.79 Å². The first-order valence-corrected chi connectivity index (χ1v) is 10.00. The molecule has 1 fully saturated rings. The highest BCUT2D eigenvalue weighted by Gasteiger charge is 2.31. The number of aryl methyl sites for hydroxylation is 2. The average Bonchev–Trinajstić information content (AvgIpc) is 2.60. The van der Waals surface area contributed by atoms with Gasteiger partial charge in [-0.1, -0.05) is 6.07 Å². The second-order valence-electron chi connectivity index (χ2n) is 6.66. The van der Waals surface area contributed by atoms with Gasteiger partial charge in [0.15, 0.2) is 0 Å². The molecule has 0 saturated carbocycles. The van der Waals surface area contributed by atoms with Gasteiger partial charge in [-0.05, 0) is 55.9 Å². The van der Waals surface area contributed by atoms with Crippen LogP contribution in [0.5, 0.6) is 0 Å². The van der Waals surface area contributed by atoms with E-state index in [4.69, 9.17) is 5.73 Å². The number of benzene rings is 1. The Kier molecular flexibility index (Phi) is 4.94. The zero-order valence-corrected chi connectivity index (χ0v) is 14.9. The summed E-state index contributed by atoms with van der Waals surface area (Å²) in [5.74, 6) is -0.124. The smallest absolute Gasteiger partial charge is 0.243 e. The van der Waals surface area contributed by atoms with Gasteiger partial charge in [0.2, 0.25) is 15.9 Å². The molecule has 6 nitrogen and oxygen atoms in total. The van der Waals surface area contributed by atoms with Gasteiger partial charge in [-0.25, -0.2) is 8.42 Å². The first-order chi connectivity index (χ1) is 11.4. The summed E-state index contributed by atoms with van der Waals surface area (Å²) in [7, 11) is -3.50. The molecule has 0 radical (unpaired) electrons. The molecule has 1 aliphatic carbocycles. The molecule has 1 heterocycles. The first-order valence-electron chi connectivity index (χ1n) is 8.56. The molecule has 0 aromatic heterocycles. The summed E-state index contributed by atoms with van der Waals surface area (Å²) in [4.78, 5) is 13.9. The molecule has 1 aliphatic heterocycles. The topological polar surface area (TPSA) is 83.7 Å². The summed E-state index contributed by atoms with van der Waals surface area (Å²) >= 11 is 0. The van der Waals surface area contributed by atoms with Crippen molar-refractivity contribution in [3.63, 3.8) is 0 Å². The number of sulfonamides is 1. The van der Waals surface area contributed by atoms with Crippen LogP contribution in [-0.2, 0) is 27.7 Å². The van der Waals surface area contributed by atoms with Crippen molar-refractivity contribution in [2.75, 3.05) is 26.2 Å². The number of fused-ring (bicyclic) bond motifs is 1. The highest BCUT2D eigenvalue weighted by atomic mass is 32.2. The Hall–Kier alpha value is -1.44. The van der Waals surface area contributed by atoms with Gasteiger partial charge in [-0.15, -0.1) is 0 Å². The van der Waals surface area contributed by atoms with Crippen LogP contribution in [0.25, 0.3) is 0 Å². The maximum atomic E-state index is 12.9. The van der Waals surface area contributed by atoms with Crippen molar-refractivity contribution in [2.45, 2.75) is 43.5 Å². The number of nitrogens with zero attached hydrogens (tertiary/aromatic N) is 2. The van der Waals surface area contributed by atoms with Crippen molar-refractivity contribution in [2.24, 2.45) is 5.73 Å². The third-order valence-corrected chi connectivity index (χ3v) is 6.79. The summed E-state index contributed by atoms with van der Waals surface area (Å²) < 4.78 is 27.2. The molecule has 1 aromatic carbocycles. The third-order valence-electron chi connectivity index (χ3n) is 4.90. The molecule has 0 bridgehead atoms. The Labute approximate surface area is 143 Å². The monoisotopic (exact) mass is 351 g/mol. The molecule has 1 aromatic rings. The molecule has 2 N–H and O–H groups in total. The zero-order chi connectivity index (χ0) is 17.3. The van der Waals surface area contributed by atoms with E-state index in [0.29, 0.717) is 31.1 Å². The summed E-state index contributed by atoms with van der Waals surface area (Å²) in [6.45, 7) is 3.07. The van der Waals surface area contributed by atoms with Crippen molar-refractivity contribution in [3.8, 4) is 0 Å². The molecule has 132 valence electrons. The lowest BCUT2D eigenvalue weighted by Gasteiger charge is -2.35. The Morgan fingerprint density at radius 2 is 1.71 bits per heavy atom. The van der Waals surface area contributed by atoms with Crippen molar-refractivity contribution in [3.05, 3.63) is 29.3 Å². The van der Waals surface area contributed by atoms with Gasteiger partial charge in [0.1, 0.15) is 0 Å². The summed E-state index contributed by atoms with van der Waals surface area (Å²) in [5.41, 5.74) is 8.05. The van der Waals surface area contributed by atoms with Crippen molar-refractivity contribution >= 4 is 15.9 Å². The average molecular weight is 351 g/mol. The molecule has 7 heteroatoms. The van der Waals surface area contributed by atoms with E-state index in [2.05, 4.69) is 0 Å². The predicted molar refractivity (Wildman–Crippen MR) is 92.1 cm³/mol. The van der Waals surface area contributed by atoms with Gasteiger partial charge < -0.3 is 10.6 Å². The van der Waals surface area contributed by atoms with E-state index in [1.165, 1.54) is 16.3 Å². The van der Waals surface area contributed by atoms with Crippen LogP contribution < -0.4 is 5.73 Å². The van der Waals surface area contributed by atoms with E-state index in [-0.39, 0.29) is 5.91 Å². The number of piperazine rings is 1. The molecule has 3 rings (SSSR count). The van der Waals surface area contributed by atoms with Crippen molar-refractivity contribution in [1.29, 1.82) is 0 Å². The Bertz CT molecular complexity index is 723. The second-order valence-corrected chi connectivity index (χ2v) is 8.59. The van der Waals surface area contributed by atoms with Crippen molar-refractivity contribution < 1.29 is 13.2 Å². The third kappa shape index (κ3) is 3.34. The normalized spacial score (nSPS) is 20.5. The Morgan fingerprint density at radius 1 is 1.08 bits per heavy atom. The van der Waals surface area contributed by atoms with Gasteiger partial charge in [-0.2, -0.15) is 4.31 Å². The number of rotatable bonds is 3. The Morgan fingerprint density at radius 3 is 2.33 bits per heavy atom. The molecule has 2 aliphatic rings. The lowest BCUT2D eigenvalue weighted by atomic mass is 9.92. The molecule has 1 saturated heterocycles. The zero-order valence-electron chi connectivity index (χ0n) is 14.1. The van der Waals surface area contributed by atoms with Crippen LogP contribution in [0, 0.1) is 0 Å².